The van der Waals surface area contributed by atoms with Crippen molar-refractivity contribution in [2.45, 2.75) is 26.2 Å². The first kappa shape index (κ1) is 12.1. The Labute approximate surface area is 106 Å². The molecule has 88 valence electrons. The van der Waals surface area contributed by atoms with Crippen molar-refractivity contribution in [1.82, 2.24) is 10.3 Å². The fraction of sp³-hybridized carbons (Fsp3) is 0.615. The molecule has 1 heterocycles. The number of rotatable bonds is 5. The number of hydrogen-bond donors (Lipinski definition) is 1. The first-order valence-electron chi connectivity index (χ1n) is 6.09. The third-order valence-corrected chi connectivity index (χ3v) is 3.92. The average molecular weight is 283 g/mol. The van der Waals surface area contributed by atoms with Crippen molar-refractivity contribution in [3.63, 3.8) is 0 Å². The summed E-state index contributed by atoms with van der Waals surface area (Å²) in [5.41, 5.74) is 1.36. The smallest absolute Gasteiger partial charge is 0.0410 e. The number of aromatic nitrogens is 1. The van der Waals surface area contributed by atoms with Gasteiger partial charge in [0.15, 0.2) is 0 Å². The predicted molar refractivity (Wildman–Crippen MR) is 70.4 cm³/mol. The molecule has 1 N–H and O–H groups in total. The predicted octanol–water partition coefficient (Wildman–Crippen LogP) is 3.02. The van der Waals surface area contributed by atoms with Gasteiger partial charge in [0.1, 0.15) is 0 Å². The molecule has 2 rings (SSSR count). The molecule has 3 heteroatoms. The van der Waals surface area contributed by atoms with Crippen molar-refractivity contribution in [3.8, 4) is 0 Å². The van der Waals surface area contributed by atoms with Crippen LogP contribution in [0.15, 0.2) is 22.9 Å². The molecule has 1 saturated carbocycles. The fourth-order valence-corrected chi connectivity index (χ4v) is 2.79. The summed E-state index contributed by atoms with van der Waals surface area (Å²) in [6.07, 6.45) is 7.79. The third-order valence-electron chi connectivity index (χ3n) is 3.49. The lowest BCUT2D eigenvalue weighted by molar-refractivity contribution is 0.171. The van der Waals surface area contributed by atoms with E-state index in [4.69, 9.17) is 0 Å². The Balaban J connectivity index is 1.85. The summed E-state index contributed by atoms with van der Waals surface area (Å²) in [6, 6.07) is 2.19. The van der Waals surface area contributed by atoms with Gasteiger partial charge >= 0.3 is 0 Å². The van der Waals surface area contributed by atoms with Crippen molar-refractivity contribution < 1.29 is 0 Å². The largest absolute Gasteiger partial charge is 0.317 e. The quantitative estimate of drug-likeness (QED) is 0.898. The first-order chi connectivity index (χ1) is 7.79. The van der Waals surface area contributed by atoms with Gasteiger partial charge in [-0.15, -0.1) is 0 Å². The zero-order valence-corrected chi connectivity index (χ0v) is 11.3. The molecule has 0 spiro atoms. The van der Waals surface area contributed by atoms with Gasteiger partial charge in [0.25, 0.3) is 0 Å². The number of pyridine rings is 1. The SMILES string of the molecule is CCNCC1CCC1Cc1cncc(Br)c1. The summed E-state index contributed by atoms with van der Waals surface area (Å²) in [4.78, 5) is 4.22. The van der Waals surface area contributed by atoms with E-state index in [1.807, 2.05) is 12.4 Å². The molecule has 0 radical (unpaired) electrons. The standard InChI is InChI=1S/C13H19BrN2/c1-2-15-8-12-4-3-11(12)5-10-6-13(14)9-16-7-10/h6-7,9,11-12,15H,2-5,8H2,1H3. The third kappa shape index (κ3) is 3.05. The molecule has 2 atom stereocenters. The molecule has 16 heavy (non-hydrogen) atoms. The second-order valence-corrected chi connectivity index (χ2v) is 5.54. The highest BCUT2D eigenvalue weighted by Gasteiger charge is 2.30. The highest BCUT2D eigenvalue weighted by atomic mass is 79.9. The minimum Gasteiger partial charge on any atom is -0.317 e. The Morgan fingerprint density at radius 2 is 2.19 bits per heavy atom. The van der Waals surface area contributed by atoms with E-state index in [0.717, 1.165) is 22.9 Å². The van der Waals surface area contributed by atoms with E-state index in [1.165, 1.54) is 31.4 Å². The fourth-order valence-electron chi connectivity index (χ4n) is 2.38. The van der Waals surface area contributed by atoms with Crippen molar-refractivity contribution >= 4 is 15.9 Å². The van der Waals surface area contributed by atoms with Crippen LogP contribution in [0.3, 0.4) is 0 Å². The molecule has 2 unspecified atom stereocenters. The maximum Gasteiger partial charge on any atom is 0.0410 e. The van der Waals surface area contributed by atoms with Crippen LogP contribution in [0.25, 0.3) is 0 Å². The van der Waals surface area contributed by atoms with Crippen LogP contribution in [0, 0.1) is 11.8 Å². The van der Waals surface area contributed by atoms with E-state index < -0.39 is 0 Å². The number of nitrogens with zero attached hydrogens (tertiary/aromatic N) is 1. The summed E-state index contributed by atoms with van der Waals surface area (Å²) in [6.45, 7) is 4.44. The van der Waals surface area contributed by atoms with Crippen LogP contribution in [0.5, 0.6) is 0 Å². The summed E-state index contributed by atoms with van der Waals surface area (Å²) in [5.74, 6) is 1.73. The molecule has 1 aromatic heterocycles. The molecule has 0 amide bonds. The Morgan fingerprint density at radius 1 is 1.38 bits per heavy atom. The Bertz CT molecular complexity index is 340. The van der Waals surface area contributed by atoms with Gasteiger partial charge < -0.3 is 5.32 Å². The molecular weight excluding hydrogens is 264 g/mol. The zero-order valence-electron chi connectivity index (χ0n) is 9.75. The number of halogens is 1. The van der Waals surface area contributed by atoms with Crippen LogP contribution in [0.2, 0.25) is 0 Å². The van der Waals surface area contributed by atoms with E-state index in [9.17, 15) is 0 Å². The molecule has 1 aliphatic rings. The molecule has 0 bridgehead atoms. The molecule has 1 aromatic rings. The van der Waals surface area contributed by atoms with Crippen LogP contribution < -0.4 is 5.32 Å². The molecule has 0 aliphatic heterocycles. The number of hydrogen-bond acceptors (Lipinski definition) is 2. The highest BCUT2D eigenvalue weighted by molar-refractivity contribution is 9.10. The molecule has 1 fully saturated rings. The van der Waals surface area contributed by atoms with Gasteiger partial charge in [-0.25, -0.2) is 0 Å². The maximum absolute atomic E-state index is 4.22. The molecule has 0 saturated heterocycles. The minimum absolute atomic E-state index is 0.857. The Morgan fingerprint density at radius 3 is 2.81 bits per heavy atom. The van der Waals surface area contributed by atoms with Crippen LogP contribution in [-0.2, 0) is 6.42 Å². The lowest BCUT2D eigenvalue weighted by Crippen LogP contribution is -2.36. The van der Waals surface area contributed by atoms with E-state index in [0.29, 0.717) is 0 Å². The van der Waals surface area contributed by atoms with Crippen LogP contribution in [0.4, 0.5) is 0 Å². The van der Waals surface area contributed by atoms with E-state index in [2.05, 4.69) is 39.2 Å². The lowest BCUT2D eigenvalue weighted by atomic mass is 9.71. The van der Waals surface area contributed by atoms with Crippen LogP contribution in [-0.4, -0.2) is 18.1 Å². The lowest BCUT2D eigenvalue weighted by Gasteiger charge is -2.37. The van der Waals surface area contributed by atoms with Crippen molar-refractivity contribution in [3.05, 3.63) is 28.5 Å². The van der Waals surface area contributed by atoms with Crippen molar-refractivity contribution in [1.29, 1.82) is 0 Å². The van der Waals surface area contributed by atoms with Gasteiger partial charge in [0, 0.05) is 16.9 Å². The molecule has 2 nitrogen and oxygen atoms in total. The van der Waals surface area contributed by atoms with E-state index >= 15 is 0 Å². The van der Waals surface area contributed by atoms with Crippen molar-refractivity contribution in [2.75, 3.05) is 13.1 Å². The van der Waals surface area contributed by atoms with Gasteiger partial charge in [-0.2, -0.15) is 0 Å². The molecular formula is C13H19BrN2. The summed E-state index contributed by atoms with van der Waals surface area (Å²) < 4.78 is 1.09. The molecule has 0 aromatic carbocycles. The van der Waals surface area contributed by atoms with Gasteiger partial charge in [0.2, 0.25) is 0 Å². The Hall–Kier alpha value is -0.410. The van der Waals surface area contributed by atoms with Crippen molar-refractivity contribution in [2.24, 2.45) is 11.8 Å². The second kappa shape index (κ2) is 5.78. The van der Waals surface area contributed by atoms with E-state index in [1.54, 1.807) is 0 Å². The van der Waals surface area contributed by atoms with Crippen LogP contribution >= 0.6 is 15.9 Å². The average Bonchev–Trinajstić information content (AvgIpc) is 2.25. The summed E-state index contributed by atoms with van der Waals surface area (Å²) in [5, 5.41) is 3.45. The van der Waals surface area contributed by atoms with Gasteiger partial charge in [-0.05, 0) is 71.7 Å². The highest BCUT2D eigenvalue weighted by Crippen LogP contribution is 2.36. The monoisotopic (exact) mass is 282 g/mol. The summed E-state index contributed by atoms with van der Waals surface area (Å²) >= 11 is 3.47. The number of nitrogens with one attached hydrogen (secondary N) is 1. The first-order valence-corrected chi connectivity index (χ1v) is 6.89. The normalized spacial score (nSPS) is 24.1. The Kier molecular flexibility index (Phi) is 4.36. The van der Waals surface area contributed by atoms with Gasteiger partial charge in [-0.3, -0.25) is 4.98 Å². The topological polar surface area (TPSA) is 24.9 Å². The zero-order chi connectivity index (χ0) is 11.4. The van der Waals surface area contributed by atoms with Gasteiger partial charge in [-0.1, -0.05) is 6.92 Å². The molecule has 1 aliphatic carbocycles. The van der Waals surface area contributed by atoms with Gasteiger partial charge in [0.05, 0.1) is 0 Å². The maximum atomic E-state index is 4.22. The van der Waals surface area contributed by atoms with E-state index in [-0.39, 0.29) is 0 Å². The second-order valence-electron chi connectivity index (χ2n) is 4.62. The summed E-state index contributed by atoms with van der Waals surface area (Å²) in [7, 11) is 0. The minimum atomic E-state index is 0.857. The van der Waals surface area contributed by atoms with Crippen LogP contribution in [0.1, 0.15) is 25.3 Å².